The molecule has 152 valence electrons. The summed E-state index contributed by atoms with van der Waals surface area (Å²) in [6.45, 7) is 9.65. The molecule has 0 spiro atoms. The number of thioether (sulfide) groups is 1. The first-order valence-corrected chi connectivity index (χ1v) is 10.8. The summed E-state index contributed by atoms with van der Waals surface area (Å²) < 4.78 is 1.69. The van der Waals surface area contributed by atoms with E-state index in [4.69, 9.17) is 0 Å². The van der Waals surface area contributed by atoms with E-state index >= 15 is 0 Å². The molecule has 1 aromatic heterocycles. The quantitative estimate of drug-likeness (QED) is 0.513. The molecule has 1 amide bonds. The molecule has 1 atom stereocenters. The van der Waals surface area contributed by atoms with Gasteiger partial charge in [0.25, 0.3) is 0 Å². The second kappa shape index (κ2) is 9.69. The highest BCUT2D eigenvalue weighted by Gasteiger charge is 2.28. The molecular weight excluding hydrogens is 382 g/mol. The first-order chi connectivity index (χ1) is 14.0. The number of amides is 1. The molecule has 3 rings (SSSR count). The van der Waals surface area contributed by atoms with Crippen LogP contribution in [0.15, 0.2) is 59.8 Å². The fourth-order valence-corrected chi connectivity index (χ4v) is 4.19. The van der Waals surface area contributed by atoms with Gasteiger partial charge < -0.3 is 4.90 Å². The molecule has 0 bridgehead atoms. The van der Waals surface area contributed by atoms with Crippen molar-refractivity contribution < 1.29 is 4.79 Å². The molecule has 1 heterocycles. The third-order valence-electron chi connectivity index (χ3n) is 4.87. The van der Waals surface area contributed by atoms with E-state index in [0.717, 1.165) is 11.3 Å². The summed E-state index contributed by atoms with van der Waals surface area (Å²) in [5.74, 6) is 0.525. The van der Waals surface area contributed by atoms with E-state index in [-0.39, 0.29) is 5.91 Å². The average Bonchev–Trinajstić information content (AvgIpc) is 3.21. The van der Waals surface area contributed by atoms with Crippen LogP contribution in [0.1, 0.15) is 50.0 Å². The van der Waals surface area contributed by atoms with E-state index in [1.807, 2.05) is 61.2 Å². The minimum atomic E-state index is -0.407. The van der Waals surface area contributed by atoms with Crippen molar-refractivity contribution in [2.45, 2.75) is 44.0 Å². The summed E-state index contributed by atoms with van der Waals surface area (Å²) in [5.41, 5.74) is 3.08. The fraction of sp³-hybridized carbons (Fsp3) is 0.364. The van der Waals surface area contributed by atoms with Gasteiger partial charge >= 0.3 is 0 Å². The van der Waals surface area contributed by atoms with Crippen molar-refractivity contribution in [2.75, 3.05) is 13.1 Å². The smallest absolute Gasteiger partial charge is 0.240 e. The second-order valence-corrected chi connectivity index (χ2v) is 8.11. The van der Waals surface area contributed by atoms with Gasteiger partial charge in [0.2, 0.25) is 11.1 Å². The highest BCUT2D eigenvalue weighted by Crippen LogP contribution is 2.36. The van der Waals surface area contributed by atoms with Crippen molar-refractivity contribution in [2.24, 2.45) is 0 Å². The molecule has 0 N–H and O–H groups in total. The Labute approximate surface area is 176 Å². The molecule has 0 aliphatic heterocycles. The molecule has 2 aromatic carbocycles. The number of hydrogen-bond donors (Lipinski definition) is 0. The summed E-state index contributed by atoms with van der Waals surface area (Å²) in [4.78, 5) is 15.1. The van der Waals surface area contributed by atoms with E-state index in [1.54, 1.807) is 4.68 Å². The Bertz CT molecular complexity index is 920. The number of aromatic nitrogens is 4. The van der Waals surface area contributed by atoms with Crippen LogP contribution in [0.5, 0.6) is 0 Å². The zero-order chi connectivity index (χ0) is 20.8. The minimum Gasteiger partial charge on any atom is -0.342 e. The molecule has 0 saturated carbocycles. The van der Waals surface area contributed by atoms with Crippen LogP contribution in [0.4, 0.5) is 0 Å². The largest absolute Gasteiger partial charge is 0.342 e. The summed E-state index contributed by atoms with van der Waals surface area (Å²) in [5, 5.41) is 12.4. The van der Waals surface area contributed by atoms with Crippen LogP contribution in [-0.2, 0) is 4.79 Å². The molecule has 7 heteroatoms. The van der Waals surface area contributed by atoms with E-state index in [9.17, 15) is 4.79 Å². The van der Waals surface area contributed by atoms with Gasteiger partial charge in [0.1, 0.15) is 5.25 Å². The van der Waals surface area contributed by atoms with E-state index in [2.05, 4.69) is 41.5 Å². The number of hydrogen-bond acceptors (Lipinski definition) is 5. The molecule has 0 saturated heterocycles. The lowest BCUT2D eigenvalue weighted by Gasteiger charge is -2.24. The summed E-state index contributed by atoms with van der Waals surface area (Å²) in [6, 6.07) is 18.0. The Morgan fingerprint density at radius 2 is 1.66 bits per heavy atom. The maximum atomic E-state index is 13.2. The van der Waals surface area contributed by atoms with Crippen molar-refractivity contribution in [3.05, 3.63) is 65.7 Å². The zero-order valence-corrected chi connectivity index (χ0v) is 18.1. The third-order valence-corrected chi connectivity index (χ3v) is 6.05. The summed E-state index contributed by atoms with van der Waals surface area (Å²) in [6.07, 6.45) is 0. The molecule has 0 fully saturated rings. The Morgan fingerprint density at radius 1 is 1.00 bits per heavy atom. The fourth-order valence-electron chi connectivity index (χ4n) is 3.11. The highest BCUT2D eigenvalue weighted by molar-refractivity contribution is 8.00. The first-order valence-electron chi connectivity index (χ1n) is 9.94. The molecular formula is C22H27N5OS. The highest BCUT2D eigenvalue weighted by atomic mass is 32.2. The van der Waals surface area contributed by atoms with Gasteiger partial charge in [-0.1, -0.05) is 68.1 Å². The number of tetrazole rings is 1. The number of carbonyl (C=O) groups excluding carboxylic acids is 1. The molecule has 0 aliphatic carbocycles. The van der Waals surface area contributed by atoms with Crippen molar-refractivity contribution in [3.8, 4) is 5.69 Å². The van der Waals surface area contributed by atoms with Crippen LogP contribution in [0.25, 0.3) is 5.69 Å². The summed E-state index contributed by atoms with van der Waals surface area (Å²) >= 11 is 1.38. The maximum Gasteiger partial charge on any atom is 0.240 e. The van der Waals surface area contributed by atoms with Gasteiger partial charge in [-0.15, -0.1) is 5.10 Å². The SMILES string of the molecule is CCN(CC)C(=O)C(Sc1nnnn1-c1ccc(C(C)C)cc1)c1ccccc1. The lowest BCUT2D eigenvalue weighted by Crippen LogP contribution is -2.34. The Hall–Kier alpha value is -2.67. The predicted octanol–water partition coefficient (Wildman–Crippen LogP) is 4.49. The lowest BCUT2D eigenvalue weighted by molar-refractivity contribution is -0.130. The van der Waals surface area contributed by atoms with Crippen LogP contribution in [0, 0.1) is 0 Å². The van der Waals surface area contributed by atoms with Crippen LogP contribution in [-0.4, -0.2) is 44.1 Å². The van der Waals surface area contributed by atoms with E-state index in [0.29, 0.717) is 24.2 Å². The topological polar surface area (TPSA) is 63.9 Å². The van der Waals surface area contributed by atoms with Gasteiger partial charge in [0, 0.05) is 13.1 Å². The van der Waals surface area contributed by atoms with Gasteiger partial charge in [-0.05, 0) is 53.5 Å². The third kappa shape index (κ3) is 4.85. The maximum absolute atomic E-state index is 13.2. The number of rotatable bonds is 8. The first kappa shape index (κ1) is 21.0. The van der Waals surface area contributed by atoms with Crippen molar-refractivity contribution in [3.63, 3.8) is 0 Å². The normalized spacial score (nSPS) is 12.2. The van der Waals surface area contributed by atoms with Crippen LogP contribution in [0.3, 0.4) is 0 Å². The van der Waals surface area contributed by atoms with Gasteiger partial charge in [-0.3, -0.25) is 4.79 Å². The van der Waals surface area contributed by atoms with Crippen molar-refractivity contribution in [1.82, 2.24) is 25.1 Å². The van der Waals surface area contributed by atoms with E-state index in [1.165, 1.54) is 17.3 Å². The Balaban J connectivity index is 1.93. The van der Waals surface area contributed by atoms with Crippen LogP contribution >= 0.6 is 11.8 Å². The summed E-state index contributed by atoms with van der Waals surface area (Å²) in [7, 11) is 0. The number of likely N-dealkylation sites (N-methyl/N-ethyl adjacent to an activating group) is 1. The minimum absolute atomic E-state index is 0.0657. The predicted molar refractivity (Wildman–Crippen MR) is 116 cm³/mol. The zero-order valence-electron chi connectivity index (χ0n) is 17.3. The Kier molecular flexibility index (Phi) is 7.04. The molecule has 29 heavy (non-hydrogen) atoms. The van der Waals surface area contributed by atoms with Crippen molar-refractivity contribution in [1.29, 1.82) is 0 Å². The van der Waals surface area contributed by atoms with Crippen molar-refractivity contribution >= 4 is 17.7 Å². The van der Waals surface area contributed by atoms with Gasteiger partial charge in [0.05, 0.1) is 5.69 Å². The number of nitrogens with zero attached hydrogens (tertiary/aromatic N) is 5. The average molecular weight is 410 g/mol. The number of carbonyl (C=O) groups is 1. The molecule has 6 nitrogen and oxygen atoms in total. The van der Waals surface area contributed by atoms with Gasteiger partial charge in [0.15, 0.2) is 0 Å². The molecule has 3 aromatic rings. The number of benzene rings is 2. The standard InChI is InChI=1S/C22H27N5OS/c1-5-26(6-2)21(28)20(18-10-8-7-9-11-18)29-22-23-24-25-27(22)19-14-12-17(13-15-19)16(3)4/h7-16,20H,5-6H2,1-4H3. The second-order valence-electron chi connectivity index (χ2n) is 7.04. The van der Waals surface area contributed by atoms with Gasteiger partial charge in [-0.25, -0.2) is 0 Å². The van der Waals surface area contributed by atoms with Crippen LogP contribution in [0.2, 0.25) is 0 Å². The molecule has 0 aliphatic rings. The molecule has 0 radical (unpaired) electrons. The van der Waals surface area contributed by atoms with E-state index < -0.39 is 5.25 Å². The van der Waals surface area contributed by atoms with Crippen LogP contribution < -0.4 is 0 Å². The lowest BCUT2D eigenvalue weighted by atomic mass is 10.0. The molecule has 1 unspecified atom stereocenters. The van der Waals surface area contributed by atoms with Gasteiger partial charge in [-0.2, -0.15) is 4.68 Å². The Morgan fingerprint density at radius 3 is 2.24 bits per heavy atom. The monoisotopic (exact) mass is 409 g/mol.